The summed E-state index contributed by atoms with van der Waals surface area (Å²) in [6, 6.07) is 5.16. The molecule has 0 saturated heterocycles. The number of fused-ring (bicyclic) bond motifs is 1. The van der Waals surface area contributed by atoms with Gasteiger partial charge in [0, 0.05) is 18.9 Å². The standard InChI is InChI=1S/C15H19N3O3/c1-3-7-15(2,21)10-17-13(19)11-9-16-12-6-4-5-8-18(12)14(11)20/h4-6,8-9,21H,3,7,10H2,1-2H3,(H,17,19). The van der Waals surface area contributed by atoms with Gasteiger partial charge >= 0.3 is 0 Å². The van der Waals surface area contributed by atoms with Gasteiger partial charge in [0.15, 0.2) is 0 Å². The van der Waals surface area contributed by atoms with E-state index in [2.05, 4.69) is 10.3 Å². The van der Waals surface area contributed by atoms with Crippen LogP contribution < -0.4 is 10.9 Å². The fourth-order valence-electron chi connectivity index (χ4n) is 2.18. The maximum atomic E-state index is 12.2. The van der Waals surface area contributed by atoms with E-state index in [4.69, 9.17) is 0 Å². The van der Waals surface area contributed by atoms with Gasteiger partial charge in [-0.25, -0.2) is 4.98 Å². The first kappa shape index (κ1) is 15.2. The third-order valence-electron chi connectivity index (χ3n) is 3.28. The van der Waals surface area contributed by atoms with Crippen molar-refractivity contribution in [3.05, 3.63) is 46.5 Å². The Balaban J connectivity index is 2.21. The van der Waals surface area contributed by atoms with Crippen molar-refractivity contribution in [2.75, 3.05) is 6.54 Å². The Hall–Kier alpha value is -2.21. The highest BCUT2D eigenvalue weighted by Gasteiger charge is 2.21. The molecule has 1 atom stereocenters. The molecule has 0 fully saturated rings. The fraction of sp³-hybridized carbons (Fsp3) is 0.400. The summed E-state index contributed by atoms with van der Waals surface area (Å²) in [6.07, 6.45) is 4.21. The number of carbonyl (C=O) groups is 1. The Labute approximate surface area is 122 Å². The molecule has 6 heteroatoms. The number of amides is 1. The van der Waals surface area contributed by atoms with E-state index in [1.54, 1.807) is 31.3 Å². The first-order valence-electron chi connectivity index (χ1n) is 6.91. The van der Waals surface area contributed by atoms with E-state index < -0.39 is 17.1 Å². The molecule has 0 radical (unpaired) electrons. The predicted molar refractivity (Wildman–Crippen MR) is 79.3 cm³/mol. The van der Waals surface area contributed by atoms with Crippen LogP contribution in [0.2, 0.25) is 0 Å². The molecule has 2 heterocycles. The number of aromatic nitrogens is 2. The lowest BCUT2D eigenvalue weighted by molar-refractivity contribution is 0.0469. The molecule has 6 nitrogen and oxygen atoms in total. The third-order valence-corrected chi connectivity index (χ3v) is 3.28. The first-order chi connectivity index (χ1) is 9.94. The summed E-state index contributed by atoms with van der Waals surface area (Å²) < 4.78 is 1.32. The van der Waals surface area contributed by atoms with Crippen molar-refractivity contribution in [2.24, 2.45) is 0 Å². The van der Waals surface area contributed by atoms with Crippen LogP contribution in [0.3, 0.4) is 0 Å². The van der Waals surface area contributed by atoms with E-state index in [9.17, 15) is 14.7 Å². The summed E-state index contributed by atoms with van der Waals surface area (Å²) in [6.45, 7) is 3.70. The van der Waals surface area contributed by atoms with Gasteiger partial charge in [-0.1, -0.05) is 19.4 Å². The number of nitrogens with one attached hydrogen (secondary N) is 1. The number of nitrogens with zero attached hydrogens (tertiary/aromatic N) is 2. The van der Waals surface area contributed by atoms with Crippen molar-refractivity contribution in [3.8, 4) is 0 Å². The highest BCUT2D eigenvalue weighted by molar-refractivity contribution is 5.93. The van der Waals surface area contributed by atoms with E-state index in [0.29, 0.717) is 12.1 Å². The van der Waals surface area contributed by atoms with Crippen LogP contribution in [-0.2, 0) is 0 Å². The topological polar surface area (TPSA) is 83.7 Å². The van der Waals surface area contributed by atoms with Gasteiger partial charge in [-0.15, -0.1) is 0 Å². The fourth-order valence-corrected chi connectivity index (χ4v) is 2.18. The summed E-state index contributed by atoms with van der Waals surface area (Å²) in [7, 11) is 0. The lowest BCUT2D eigenvalue weighted by Crippen LogP contribution is -2.42. The van der Waals surface area contributed by atoms with Gasteiger partial charge in [-0.3, -0.25) is 14.0 Å². The van der Waals surface area contributed by atoms with Crippen LogP contribution in [0.25, 0.3) is 5.65 Å². The van der Waals surface area contributed by atoms with Crippen LogP contribution in [0.15, 0.2) is 35.4 Å². The average Bonchev–Trinajstić information content (AvgIpc) is 2.45. The van der Waals surface area contributed by atoms with E-state index in [1.807, 2.05) is 6.92 Å². The van der Waals surface area contributed by atoms with E-state index in [-0.39, 0.29) is 12.1 Å². The molecule has 0 aromatic carbocycles. The molecule has 0 spiro atoms. The second-order valence-corrected chi connectivity index (χ2v) is 5.34. The Morgan fingerprint density at radius 2 is 2.24 bits per heavy atom. The van der Waals surface area contributed by atoms with Gasteiger partial charge in [0.1, 0.15) is 11.2 Å². The second kappa shape index (κ2) is 6.05. The molecule has 0 bridgehead atoms. The molecule has 2 aromatic rings. The third kappa shape index (κ3) is 3.46. The molecule has 1 unspecified atom stereocenters. The molecular weight excluding hydrogens is 270 g/mol. The smallest absolute Gasteiger partial charge is 0.270 e. The van der Waals surface area contributed by atoms with Crippen LogP contribution in [0.5, 0.6) is 0 Å². The van der Waals surface area contributed by atoms with E-state index in [1.165, 1.54) is 10.6 Å². The zero-order chi connectivity index (χ0) is 15.5. The molecular formula is C15H19N3O3. The number of aliphatic hydroxyl groups is 1. The number of carbonyl (C=O) groups excluding carboxylic acids is 1. The normalized spacial score (nSPS) is 13.9. The number of pyridine rings is 1. The summed E-state index contributed by atoms with van der Waals surface area (Å²) >= 11 is 0. The second-order valence-electron chi connectivity index (χ2n) is 5.34. The largest absolute Gasteiger partial charge is 0.388 e. The molecule has 0 saturated carbocycles. The van der Waals surface area contributed by atoms with E-state index in [0.717, 1.165) is 6.42 Å². The van der Waals surface area contributed by atoms with Crippen LogP contribution in [-0.4, -0.2) is 32.5 Å². The molecule has 112 valence electrons. The monoisotopic (exact) mass is 289 g/mol. The van der Waals surface area contributed by atoms with Crippen molar-refractivity contribution in [3.63, 3.8) is 0 Å². The molecule has 2 aromatic heterocycles. The van der Waals surface area contributed by atoms with Crippen LogP contribution >= 0.6 is 0 Å². The minimum absolute atomic E-state index is 0.0361. The molecule has 0 aliphatic heterocycles. The summed E-state index contributed by atoms with van der Waals surface area (Å²) in [5.41, 5.74) is -0.957. The minimum Gasteiger partial charge on any atom is -0.388 e. The van der Waals surface area contributed by atoms with Crippen molar-refractivity contribution in [1.82, 2.24) is 14.7 Å². The summed E-state index contributed by atoms with van der Waals surface area (Å²) in [5.74, 6) is -0.526. The van der Waals surface area contributed by atoms with Crippen LogP contribution in [0.1, 0.15) is 37.0 Å². The molecule has 21 heavy (non-hydrogen) atoms. The lowest BCUT2D eigenvalue weighted by Gasteiger charge is -2.22. The quantitative estimate of drug-likeness (QED) is 0.859. The SMILES string of the molecule is CCCC(C)(O)CNC(=O)c1cnc2ccccn2c1=O. The van der Waals surface area contributed by atoms with Gasteiger partial charge in [0.25, 0.3) is 11.5 Å². The van der Waals surface area contributed by atoms with Gasteiger partial charge in [0.2, 0.25) is 0 Å². The summed E-state index contributed by atoms with van der Waals surface area (Å²) in [5, 5.41) is 12.6. The van der Waals surface area contributed by atoms with E-state index >= 15 is 0 Å². The number of hydrogen-bond donors (Lipinski definition) is 2. The molecule has 0 aliphatic rings. The zero-order valence-electron chi connectivity index (χ0n) is 12.2. The lowest BCUT2D eigenvalue weighted by atomic mass is 10.0. The summed E-state index contributed by atoms with van der Waals surface area (Å²) in [4.78, 5) is 28.4. The zero-order valence-corrected chi connectivity index (χ0v) is 12.2. The number of rotatable bonds is 5. The van der Waals surface area contributed by atoms with Crippen LogP contribution in [0.4, 0.5) is 0 Å². The first-order valence-corrected chi connectivity index (χ1v) is 6.91. The Morgan fingerprint density at radius 1 is 1.48 bits per heavy atom. The highest BCUT2D eigenvalue weighted by atomic mass is 16.3. The van der Waals surface area contributed by atoms with Crippen molar-refractivity contribution in [1.29, 1.82) is 0 Å². The van der Waals surface area contributed by atoms with Crippen molar-refractivity contribution in [2.45, 2.75) is 32.3 Å². The highest BCUT2D eigenvalue weighted by Crippen LogP contribution is 2.10. The predicted octanol–water partition coefficient (Wildman–Crippen LogP) is 0.975. The maximum absolute atomic E-state index is 12.2. The van der Waals surface area contributed by atoms with Crippen LogP contribution in [0, 0.1) is 0 Å². The van der Waals surface area contributed by atoms with Gasteiger partial charge in [0.05, 0.1) is 5.60 Å². The van der Waals surface area contributed by atoms with Gasteiger partial charge in [-0.05, 0) is 25.5 Å². The molecule has 2 N–H and O–H groups in total. The van der Waals surface area contributed by atoms with Crippen molar-refractivity contribution < 1.29 is 9.90 Å². The molecule has 0 aliphatic carbocycles. The van der Waals surface area contributed by atoms with Gasteiger partial charge < -0.3 is 10.4 Å². The number of hydrogen-bond acceptors (Lipinski definition) is 4. The Morgan fingerprint density at radius 3 is 2.95 bits per heavy atom. The molecule has 2 rings (SSSR count). The maximum Gasteiger partial charge on any atom is 0.270 e. The molecule has 1 amide bonds. The minimum atomic E-state index is -0.981. The van der Waals surface area contributed by atoms with Crippen molar-refractivity contribution >= 4 is 11.6 Å². The Bertz CT molecular complexity index is 707. The average molecular weight is 289 g/mol. The Kier molecular flexibility index (Phi) is 4.37. The van der Waals surface area contributed by atoms with Gasteiger partial charge in [-0.2, -0.15) is 0 Å².